The van der Waals surface area contributed by atoms with E-state index >= 15 is 0 Å². The fraction of sp³-hybridized carbons (Fsp3) is 0.588. The molecule has 1 rings (SSSR count). The normalized spacial score (nSPS) is 14.7. The zero-order valence-corrected chi connectivity index (χ0v) is 13.4. The molecule has 2 atom stereocenters. The second-order valence-electron chi connectivity index (χ2n) is 6.50. The topological polar surface area (TPSA) is 55.1 Å². The van der Waals surface area contributed by atoms with E-state index in [-0.39, 0.29) is 17.4 Å². The van der Waals surface area contributed by atoms with Gasteiger partial charge in [0.25, 0.3) is 0 Å². The number of rotatable bonds is 5. The minimum Gasteiger partial charge on any atom is -0.348 e. The summed E-state index contributed by atoms with van der Waals surface area (Å²) in [4.78, 5) is 11.9. The van der Waals surface area contributed by atoms with E-state index in [1.165, 1.54) is 5.56 Å². The average molecular weight is 276 g/mol. The maximum Gasteiger partial charge on any atom is 0.237 e. The van der Waals surface area contributed by atoms with Crippen molar-refractivity contribution < 1.29 is 4.79 Å². The molecule has 0 spiro atoms. The lowest BCUT2D eigenvalue weighted by atomic mass is 9.86. The summed E-state index contributed by atoms with van der Waals surface area (Å²) < 4.78 is 0. The summed E-state index contributed by atoms with van der Waals surface area (Å²) >= 11 is 0. The van der Waals surface area contributed by atoms with Crippen molar-refractivity contribution in [1.82, 2.24) is 5.32 Å². The molecular weight excluding hydrogens is 248 g/mol. The van der Waals surface area contributed by atoms with Crippen molar-refractivity contribution in [1.29, 1.82) is 0 Å². The molecule has 112 valence electrons. The number of nitrogens with one attached hydrogen (secondary N) is 1. The Balaban J connectivity index is 2.69. The molecule has 20 heavy (non-hydrogen) atoms. The van der Waals surface area contributed by atoms with E-state index in [1.54, 1.807) is 0 Å². The van der Waals surface area contributed by atoms with Crippen LogP contribution in [0, 0.1) is 0 Å². The van der Waals surface area contributed by atoms with E-state index in [9.17, 15) is 4.79 Å². The van der Waals surface area contributed by atoms with Gasteiger partial charge in [0.15, 0.2) is 0 Å². The van der Waals surface area contributed by atoms with E-state index in [4.69, 9.17) is 5.73 Å². The molecule has 3 heteroatoms. The zero-order valence-electron chi connectivity index (χ0n) is 13.4. The molecule has 0 aliphatic carbocycles. The second kappa shape index (κ2) is 6.89. The fourth-order valence-corrected chi connectivity index (χ4v) is 2.12. The van der Waals surface area contributed by atoms with Crippen molar-refractivity contribution in [2.24, 2.45) is 5.73 Å². The summed E-state index contributed by atoms with van der Waals surface area (Å²) in [6.07, 6.45) is 1.64. The van der Waals surface area contributed by atoms with Crippen LogP contribution in [-0.4, -0.2) is 11.9 Å². The number of carbonyl (C=O) groups excluding carboxylic acids is 1. The molecule has 0 aliphatic rings. The largest absolute Gasteiger partial charge is 0.348 e. The van der Waals surface area contributed by atoms with Crippen molar-refractivity contribution in [3.05, 3.63) is 35.4 Å². The maximum absolute atomic E-state index is 11.9. The summed E-state index contributed by atoms with van der Waals surface area (Å²) in [6.45, 7) is 10.6. The van der Waals surface area contributed by atoms with Gasteiger partial charge in [0, 0.05) is 0 Å². The van der Waals surface area contributed by atoms with Crippen LogP contribution in [0.5, 0.6) is 0 Å². The SMILES string of the molecule is CCCC(N)C(=O)NC(C)c1ccc(C(C)(C)C)cc1. The number of carbonyl (C=O) groups is 1. The summed E-state index contributed by atoms with van der Waals surface area (Å²) in [6, 6.07) is 8.00. The third-order valence-electron chi connectivity index (χ3n) is 3.57. The van der Waals surface area contributed by atoms with Crippen LogP contribution >= 0.6 is 0 Å². The molecule has 0 radical (unpaired) electrons. The van der Waals surface area contributed by atoms with Gasteiger partial charge >= 0.3 is 0 Å². The highest BCUT2D eigenvalue weighted by molar-refractivity contribution is 5.81. The number of hydrogen-bond acceptors (Lipinski definition) is 2. The predicted octanol–water partition coefficient (Wildman–Crippen LogP) is 3.29. The van der Waals surface area contributed by atoms with Crippen molar-refractivity contribution >= 4 is 5.91 Å². The first-order chi connectivity index (χ1) is 9.25. The molecule has 1 amide bonds. The molecule has 0 saturated carbocycles. The minimum absolute atomic E-state index is 0.0144. The van der Waals surface area contributed by atoms with E-state index in [1.807, 2.05) is 13.8 Å². The van der Waals surface area contributed by atoms with Crippen LogP contribution in [0.25, 0.3) is 0 Å². The molecular formula is C17H28N2O. The highest BCUT2D eigenvalue weighted by atomic mass is 16.2. The molecule has 0 bridgehead atoms. The Labute approximate surface area is 122 Å². The van der Waals surface area contributed by atoms with Gasteiger partial charge in [0.2, 0.25) is 5.91 Å². The van der Waals surface area contributed by atoms with Crippen LogP contribution in [0.3, 0.4) is 0 Å². The third-order valence-corrected chi connectivity index (χ3v) is 3.57. The number of hydrogen-bond donors (Lipinski definition) is 2. The fourth-order valence-electron chi connectivity index (χ4n) is 2.12. The van der Waals surface area contributed by atoms with Crippen LogP contribution in [0.2, 0.25) is 0 Å². The number of amides is 1. The lowest BCUT2D eigenvalue weighted by Crippen LogP contribution is -2.41. The monoisotopic (exact) mass is 276 g/mol. The van der Waals surface area contributed by atoms with Crippen molar-refractivity contribution in [3.63, 3.8) is 0 Å². The average Bonchev–Trinajstić information content (AvgIpc) is 2.38. The molecule has 1 aromatic rings. The van der Waals surface area contributed by atoms with Gasteiger partial charge in [-0.3, -0.25) is 4.79 Å². The van der Waals surface area contributed by atoms with Crippen molar-refractivity contribution in [2.75, 3.05) is 0 Å². The minimum atomic E-state index is -0.406. The first kappa shape index (κ1) is 16.7. The molecule has 0 saturated heterocycles. The van der Waals surface area contributed by atoms with Gasteiger partial charge in [-0.2, -0.15) is 0 Å². The highest BCUT2D eigenvalue weighted by Gasteiger charge is 2.17. The lowest BCUT2D eigenvalue weighted by molar-refractivity contribution is -0.123. The molecule has 3 N–H and O–H groups in total. The Morgan fingerprint density at radius 3 is 2.25 bits per heavy atom. The standard InChI is InChI=1S/C17H28N2O/c1-6-7-15(18)16(20)19-12(2)13-8-10-14(11-9-13)17(3,4)5/h8-12,15H,6-7,18H2,1-5H3,(H,19,20). The maximum atomic E-state index is 11.9. The van der Waals surface area contributed by atoms with Crippen LogP contribution in [0.4, 0.5) is 0 Å². The smallest absolute Gasteiger partial charge is 0.237 e. The Bertz CT molecular complexity index is 431. The Hall–Kier alpha value is -1.35. The third kappa shape index (κ3) is 4.64. The summed E-state index contributed by atoms with van der Waals surface area (Å²) in [5.41, 5.74) is 8.37. The van der Waals surface area contributed by atoms with E-state index in [2.05, 4.69) is 50.4 Å². The summed E-state index contributed by atoms with van der Waals surface area (Å²) in [5.74, 6) is -0.0701. The van der Waals surface area contributed by atoms with Gasteiger partial charge in [-0.1, -0.05) is 58.4 Å². The quantitative estimate of drug-likeness (QED) is 0.867. The van der Waals surface area contributed by atoms with Crippen molar-refractivity contribution in [2.45, 2.75) is 65.0 Å². The van der Waals surface area contributed by atoms with Gasteiger partial charge in [0.05, 0.1) is 12.1 Å². The molecule has 3 nitrogen and oxygen atoms in total. The summed E-state index contributed by atoms with van der Waals surface area (Å²) in [7, 11) is 0. The predicted molar refractivity (Wildman–Crippen MR) is 84.6 cm³/mol. The first-order valence-electron chi connectivity index (χ1n) is 7.42. The second-order valence-corrected chi connectivity index (χ2v) is 6.50. The Morgan fingerprint density at radius 1 is 1.25 bits per heavy atom. The first-order valence-corrected chi connectivity index (χ1v) is 7.42. The van der Waals surface area contributed by atoms with E-state index < -0.39 is 6.04 Å². The van der Waals surface area contributed by atoms with Crippen LogP contribution in [-0.2, 0) is 10.2 Å². The van der Waals surface area contributed by atoms with Gasteiger partial charge in [0.1, 0.15) is 0 Å². The molecule has 0 fully saturated rings. The van der Waals surface area contributed by atoms with Crippen LogP contribution in [0.15, 0.2) is 24.3 Å². The Morgan fingerprint density at radius 2 is 1.80 bits per heavy atom. The molecule has 1 aromatic carbocycles. The zero-order chi connectivity index (χ0) is 15.3. The molecule has 0 aromatic heterocycles. The van der Waals surface area contributed by atoms with Crippen LogP contribution in [0.1, 0.15) is 64.6 Å². The molecule has 2 unspecified atom stereocenters. The highest BCUT2D eigenvalue weighted by Crippen LogP contribution is 2.23. The number of benzene rings is 1. The van der Waals surface area contributed by atoms with Gasteiger partial charge in [-0.15, -0.1) is 0 Å². The Kier molecular flexibility index (Phi) is 5.75. The molecule has 0 aliphatic heterocycles. The van der Waals surface area contributed by atoms with Crippen LogP contribution < -0.4 is 11.1 Å². The van der Waals surface area contributed by atoms with Gasteiger partial charge in [-0.25, -0.2) is 0 Å². The molecule has 0 heterocycles. The van der Waals surface area contributed by atoms with E-state index in [0.29, 0.717) is 0 Å². The van der Waals surface area contributed by atoms with Gasteiger partial charge in [-0.05, 0) is 29.9 Å². The van der Waals surface area contributed by atoms with Crippen molar-refractivity contribution in [3.8, 4) is 0 Å². The van der Waals surface area contributed by atoms with Gasteiger partial charge < -0.3 is 11.1 Å². The van der Waals surface area contributed by atoms with E-state index in [0.717, 1.165) is 18.4 Å². The number of nitrogens with two attached hydrogens (primary N) is 1. The lowest BCUT2D eigenvalue weighted by Gasteiger charge is -2.21. The summed E-state index contributed by atoms with van der Waals surface area (Å²) in [5, 5.41) is 2.98.